The molecule has 0 saturated carbocycles. The summed E-state index contributed by atoms with van der Waals surface area (Å²) in [6, 6.07) is 4.00. The Morgan fingerprint density at radius 3 is 2.54 bits per heavy atom. The van der Waals surface area contributed by atoms with E-state index in [4.69, 9.17) is 27.9 Å². The molecule has 0 radical (unpaired) electrons. The molecular weight excluding hydrogens is 385 g/mol. The van der Waals surface area contributed by atoms with Crippen LogP contribution < -0.4 is 10.6 Å². The standard InChI is InChI=1S/C16H17Cl2N3O5/c1-8(13(23)19-10-6-4-5-9(17)12(10)18)26-11(22)7-21-14(24)16(2,3)20-15(21)25/h4-6,8H,7H2,1-3H3,(H,19,23)(H,20,25)/t8-/m0/s1. The number of ether oxygens (including phenoxy) is 1. The van der Waals surface area contributed by atoms with Crippen LogP contribution in [-0.2, 0) is 19.1 Å². The fraction of sp³-hybridized carbons (Fsp3) is 0.375. The molecule has 2 N–H and O–H groups in total. The number of anilines is 1. The smallest absolute Gasteiger partial charge is 0.327 e. The third-order valence-electron chi connectivity index (χ3n) is 3.62. The summed E-state index contributed by atoms with van der Waals surface area (Å²) in [6.07, 6.45) is -1.17. The first-order chi connectivity index (χ1) is 12.0. The fourth-order valence-electron chi connectivity index (χ4n) is 2.21. The fourth-order valence-corrected chi connectivity index (χ4v) is 2.56. The highest BCUT2D eigenvalue weighted by Gasteiger charge is 2.45. The van der Waals surface area contributed by atoms with Gasteiger partial charge in [0.2, 0.25) is 0 Å². The Morgan fingerprint density at radius 2 is 1.96 bits per heavy atom. The second-order valence-electron chi connectivity index (χ2n) is 6.17. The van der Waals surface area contributed by atoms with Crippen molar-refractivity contribution in [3.63, 3.8) is 0 Å². The van der Waals surface area contributed by atoms with E-state index < -0.39 is 42.0 Å². The molecule has 0 aliphatic carbocycles. The van der Waals surface area contributed by atoms with Crippen molar-refractivity contribution in [3.05, 3.63) is 28.2 Å². The van der Waals surface area contributed by atoms with Crippen LogP contribution >= 0.6 is 23.2 Å². The number of carbonyl (C=O) groups is 4. The van der Waals surface area contributed by atoms with Crippen molar-refractivity contribution in [1.82, 2.24) is 10.2 Å². The van der Waals surface area contributed by atoms with Crippen molar-refractivity contribution in [3.8, 4) is 0 Å². The molecule has 1 atom stereocenters. The van der Waals surface area contributed by atoms with Gasteiger partial charge in [0.05, 0.1) is 15.7 Å². The highest BCUT2D eigenvalue weighted by atomic mass is 35.5. The molecule has 1 heterocycles. The van der Waals surface area contributed by atoms with Crippen molar-refractivity contribution in [2.75, 3.05) is 11.9 Å². The van der Waals surface area contributed by atoms with Gasteiger partial charge in [-0.15, -0.1) is 0 Å². The zero-order valence-corrected chi connectivity index (χ0v) is 15.8. The number of urea groups is 1. The maximum atomic E-state index is 12.1. The summed E-state index contributed by atoms with van der Waals surface area (Å²) in [5.41, 5.74) is -0.827. The van der Waals surface area contributed by atoms with Crippen LogP contribution in [0, 0.1) is 0 Å². The van der Waals surface area contributed by atoms with E-state index in [-0.39, 0.29) is 15.7 Å². The average Bonchev–Trinajstić information content (AvgIpc) is 2.73. The quantitative estimate of drug-likeness (QED) is 0.581. The van der Waals surface area contributed by atoms with Crippen LogP contribution in [0.15, 0.2) is 18.2 Å². The van der Waals surface area contributed by atoms with Gasteiger partial charge in [-0.25, -0.2) is 4.79 Å². The molecule has 1 fully saturated rings. The molecule has 1 aromatic carbocycles. The topological polar surface area (TPSA) is 105 Å². The number of imide groups is 1. The summed E-state index contributed by atoms with van der Waals surface area (Å²) in [7, 11) is 0. The molecule has 8 nitrogen and oxygen atoms in total. The molecule has 0 unspecified atom stereocenters. The number of hydrogen-bond acceptors (Lipinski definition) is 5. The van der Waals surface area contributed by atoms with Gasteiger partial charge in [-0.1, -0.05) is 29.3 Å². The Hall–Kier alpha value is -2.32. The van der Waals surface area contributed by atoms with Gasteiger partial charge in [0, 0.05) is 0 Å². The van der Waals surface area contributed by atoms with Crippen molar-refractivity contribution in [2.45, 2.75) is 32.4 Å². The van der Waals surface area contributed by atoms with Crippen molar-refractivity contribution >= 4 is 52.7 Å². The van der Waals surface area contributed by atoms with Gasteiger partial charge in [-0.05, 0) is 32.9 Å². The van der Waals surface area contributed by atoms with Gasteiger partial charge < -0.3 is 15.4 Å². The highest BCUT2D eigenvalue weighted by Crippen LogP contribution is 2.29. The van der Waals surface area contributed by atoms with Crippen LogP contribution in [0.4, 0.5) is 10.5 Å². The lowest BCUT2D eigenvalue weighted by Crippen LogP contribution is -2.42. The number of rotatable bonds is 5. The van der Waals surface area contributed by atoms with Crippen molar-refractivity contribution in [1.29, 1.82) is 0 Å². The SMILES string of the molecule is C[C@H](OC(=O)CN1C(=O)NC(C)(C)C1=O)C(=O)Nc1cccc(Cl)c1Cl. The molecule has 1 aromatic rings. The average molecular weight is 402 g/mol. The third kappa shape index (κ3) is 4.25. The van der Waals surface area contributed by atoms with E-state index in [1.54, 1.807) is 12.1 Å². The van der Waals surface area contributed by atoms with Gasteiger partial charge in [-0.3, -0.25) is 19.3 Å². The Kier molecular flexibility index (Phi) is 5.77. The van der Waals surface area contributed by atoms with Crippen LogP contribution in [-0.4, -0.2) is 46.9 Å². The number of nitrogens with one attached hydrogen (secondary N) is 2. The van der Waals surface area contributed by atoms with E-state index >= 15 is 0 Å². The van der Waals surface area contributed by atoms with E-state index in [9.17, 15) is 19.2 Å². The van der Waals surface area contributed by atoms with Crippen molar-refractivity contribution < 1.29 is 23.9 Å². The predicted molar refractivity (Wildman–Crippen MR) is 95.0 cm³/mol. The second-order valence-corrected chi connectivity index (χ2v) is 6.95. The van der Waals surface area contributed by atoms with Crippen LogP contribution in [0.3, 0.4) is 0 Å². The van der Waals surface area contributed by atoms with Crippen molar-refractivity contribution in [2.24, 2.45) is 0 Å². The molecule has 0 aromatic heterocycles. The Balaban J connectivity index is 1.94. The Morgan fingerprint density at radius 1 is 1.31 bits per heavy atom. The maximum Gasteiger partial charge on any atom is 0.327 e. The number of amides is 4. The minimum Gasteiger partial charge on any atom is -0.451 e. The number of nitrogens with zero attached hydrogens (tertiary/aromatic N) is 1. The number of benzene rings is 1. The molecule has 26 heavy (non-hydrogen) atoms. The van der Waals surface area contributed by atoms with Crippen LogP contribution in [0.25, 0.3) is 0 Å². The summed E-state index contributed by atoms with van der Waals surface area (Å²) in [5, 5.41) is 5.34. The molecule has 10 heteroatoms. The molecule has 140 valence electrons. The Bertz CT molecular complexity index is 781. The zero-order valence-electron chi connectivity index (χ0n) is 14.3. The largest absolute Gasteiger partial charge is 0.451 e. The van der Waals surface area contributed by atoms with E-state index in [2.05, 4.69) is 10.6 Å². The van der Waals surface area contributed by atoms with E-state index in [0.29, 0.717) is 0 Å². The lowest BCUT2D eigenvalue weighted by molar-refractivity contribution is -0.155. The summed E-state index contributed by atoms with van der Waals surface area (Å²) in [5.74, 6) is -2.09. The molecule has 1 saturated heterocycles. The van der Waals surface area contributed by atoms with E-state index in [0.717, 1.165) is 4.90 Å². The molecule has 0 bridgehead atoms. The molecule has 2 rings (SSSR count). The van der Waals surface area contributed by atoms with E-state index in [1.165, 1.54) is 26.8 Å². The van der Waals surface area contributed by atoms with Gasteiger partial charge in [0.15, 0.2) is 6.10 Å². The van der Waals surface area contributed by atoms with E-state index in [1.807, 2.05) is 0 Å². The first kappa shape index (κ1) is 20.0. The summed E-state index contributed by atoms with van der Waals surface area (Å²) >= 11 is 11.8. The van der Waals surface area contributed by atoms with Gasteiger partial charge in [-0.2, -0.15) is 0 Å². The number of hydrogen-bond donors (Lipinski definition) is 2. The summed E-state index contributed by atoms with van der Waals surface area (Å²) in [6.45, 7) is 3.79. The van der Waals surface area contributed by atoms with Gasteiger partial charge in [0.1, 0.15) is 12.1 Å². The summed E-state index contributed by atoms with van der Waals surface area (Å²) < 4.78 is 4.98. The minimum absolute atomic E-state index is 0.155. The number of esters is 1. The monoisotopic (exact) mass is 401 g/mol. The predicted octanol–water partition coefficient (Wildman–Crippen LogP) is 2.19. The normalized spacial score (nSPS) is 16.9. The molecule has 1 aliphatic rings. The molecule has 0 spiro atoms. The molecule has 4 amide bonds. The summed E-state index contributed by atoms with van der Waals surface area (Å²) in [4.78, 5) is 48.6. The van der Waals surface area contributed by atoms with Gasteiger partial charge >= 0.3 is 12.0 Å². The molecule has 1 aliphatic heterocycles. The highest BCUT2D eigenvalue weighted by molar-refractivity contribution is 6.44. The molecular formula is C16H17Cl2N3O5. The van der Waals surface area contributed by atoms with Gasteiger partial charge in [0.25, 0.3) is 11.8 Å². The lowest BCUT2D eigenvalue weighted by Gasteiger charge is -2.17. The first-order valence-corrected chi connectivity index (χ1v) is 8.37. The Labute approximate surface area is 159 Å². The first-order valence-electron chi connectivity index (χ1n) is 7.61. The number of halogens is 2. The number of carbonyl (C=O) groups excluding carboxylic acids is 4. The minimum atomic E-state index is -1.17. The lowest BCUT2D eigenvalue weighted by atomic mass is 10.1. The van der Waals surface area contributed by atoms with Crippen LogP contribution in [0.1, 0.15) is 20.8 Å². The third-order valence-corrected chi connectivity index (χ3v) is 4.44. The zero-order chi connectivity index (χ0) is 19.6. The van der Waals surface area contributed by atoms with Crippen LogP contribution in [0.5, 0.6) is 0 Å². The second kappa shape index (κ2) is 7.51. The maximum absolute atomic E-state index is 12.1. The van der Waals surface area contributed by atoms with Crippen LogP contribution in [0.2, 0.25) is 10.0 Å².